The van der Waals surface area contributed by atoms with Crippen LogP contribution in [0.4, 0.5) is 5.82 Å². The third kappa shape index (κ3) is 3.00. The minimum Gasteiger partial charge on any atom is -0.376 e. The van der Waals surface area contributed by atoms with Crippen LogP contribution in [0.25, 0.3) is 22.3 Å². The molecule has 116 valence electrons. The second-order valence-corrected chi connectivity index (χ2v) is 5.66. The van der Waals surface area contributed by atoms with Crippen LogP contribution >= 0.6 is 0 Å². The lowest BCUT2D eigenvalue weighted by molar-refractivity contribution is 0.120. The molecule has 4 heterocycles. The lowest BCUT2D eigenvalue weighted by Gasteiger charge is -2.14. The van der Waals surface area contributed by atoms with Crippen molar-refractivity contribution in [3.05, 3.63) is 48.8 Å². The quantitative estimate of drug-likeness (QED) is 0.801. The van der Waals surface area contributed by atoms with Crippen LogP contribution in [-0.2, 0) is 4.74 Å². The fraction of sp³-hybridized carbons (Fsp3) is 0.278. The van der Waals surface area contributed by atoms with E-state index in [-0.39, 0.29) is 6.10 Å². The lowest BCUT2D eigenvalue weighted by Crippen LogP contribution is -2.19. The average molecular weight is 306 g/mol. The second kappa shape index (κ2) is 6.30. The molecule has 0 saturated carbocycles. The van der Waals surface area contributed by atoms with E-state index in [0.29, 0.717) is 0 Å². The van der Waals surface area contributed by atoms with Gasteiger partial charge in [0, 0.05) is 30.9 Å². The molecule has 23 heavy (non-hydrogen) atoms. The highest BCUT2D eigenvalue weighted by atomic mass is 16.5. The van der Waals surface area contributed by atoms with E-state index in [1.54, 1.807) is 12.4 Å². The molecule has 3 aromatic heterocycles. The maximum Gasteiger partial charge on any atom is 0.136 e. The highest BCUT2D eigenvalue weighted by molar-refractivity contribution is 5.91. The number of hydrogen-bond acceptors (Lipinski definition) is 5. The minimum absolute atomic E-state index is 0.266. The van der Waals surface area contributed by atoms with E-state index in [2.05, 4.69) is 15.3 Å². The molecule has 1 atom stereocenters. The van der Waals surface area contributed by atoms with Crippen LogP contribution < -0.4 is 5.32 Å². The van der Waals surface area contributed by atoms with Gasteiger partial charge in [0.15, 0.2) is 0 Å². The Morgan fingerprint density at radius 1 is 1.09 bits per heavy atom. The van der Waals surface area contributed by atoms with E-state index in [0.717, 1.165) is 54.1 Å². The van der Waals surface area contributed by atoms with Gasteiger partial charge in [0.1, 0.15) is 5.82 Å². The van der Waals surface area contributed by atoms with E-state index in [1.165, 1.54) is 0 Å². The van der Waals surface area contributed by atoms with Crippen LogP contribution in [0.3, 0.4) is 0 Å². The molecule has 1 aliphatic rings. The van der Waals surface area contributed by atoms with Gasteiger partial charge in [-0.05, 0) is 43.2 Å². The number of anilines is 1. The maximum atomic E-state index is 5.68. The zero-order valence-electron chi connectivity index (χ0n) is 12.8. The Morgan fingerprint density at radius 2 is 2.04 bits per heavy atom. The minimum atomic E-state index is 0.266. The van der Waals surface area contributed by atoms with E-state index in [1.807, 2.05) is 36.4 Å². The highest BCUT2D eigenvalue weighted by Crippen LogP contribution is 2.26. The number of rotatable bonds is 4. The van der Waals surface area contributed by atoms with Crippen molar-refractivity contribution in [2.45, 2.75) is 18.9 Å². The molecule has 1 saturated heterocycles. The summed E-state index contributed by atoms with van der Waals surface area (Å²) < 4.78 is 5.68. The Bertz CT molecular complexity index is 800. The zero-order chi connectivity index (χ0) is 15.5. The molecular formula is C18H18N4O. The van der Waals surface area contributed by atoms with E-state index in [9.17, 15) is 0 Å². The molecule has 1 aliphatic heterocycles. The van der Waals surface area contributed by atoms with Crippen molar-refractivity contribution in [1.29, 1.82) is 0 Å². The Hall–Kier alpha value is -2.53. The third-order valence-electron chi connectivity index (χ3n) is 4.05. The first-order valence-corrected chi connectivity index (χ1v) is 7.93. The lowest BCUT2D eigenvalue weighted by atomic mass is 10.1. The molecule has 0 unspecified atom stereocenters. The third-order valence-corrected chi connectivity index (χ3v) is 4.05. The van der Waals surface area contributed by atoms with Crippen LogP contribution in [0.15, 0.2) is 48.8 Å². The Balaban J connectivity index is 1.71. The first kappa shape index (κ1) is 14.1. The summed E-state index contributed by atoms with van der Waals surface area (Å²) in [5.74, 6) is 0.840. The topological polar surface area (TPSA) is 59.9 Å². The van der Waals surface area contributed by atoms with Crippen molar-refractivity contribution in [2.75, 3.05) is 18.5 Å². The molecule has 1 N–H and O–H groups in total. The molecule has 0 radical (unpaired) electrons. The highest BCUT2D eigenvalue weighted by Gasteiger charge is 2.16. The SMILES string of the molecule is c1ccc(-c2cc3ncccc3c(NC[C@H]3CCCO3)n2)nc1. The van der Waals surface area contributed by atoms with Crippen LogP contribution in [0, 0.1) is 0 Å². The van der Waals surface area contributed by atoms with Gasteiger partial charge in [0.05, 0.1) is 23.0 Å². The predicted octanol–water partition coefficient (Wildman–Crippen LogP) is 3.28. The first-order chi connectivity index (χ1) is 11.4. The largest absolute Gasteiger partial charge is 0.376 e. The number of nitrogens with zero attached hydrogens (tertiary/aromatic N) is 3. The monoisotopic (exact) mass is 306 g/mol. The number of fused-ring (bicyclic) bond motifs is 1. The molecule has 4 rings (SSSR count). The Kier molecular flexibility index (Phi) is 3.86. The molecule has 3 aromatic rings. The van der Waals surface area contributed by atoms with Crippen molar-refractivity contribution in [1.82, 2.24) is 15.0 Å². The summed E-state index contributed by atoms with van der Waals surface area (Å²) in [6.45, 7) is 1.62. The fourth-order valence-corrected chi connectivity index (χ4v) is 2.87. The zero-order valence-corrected chi connectivity index (χ0v) is 12.8. The van der Waals surface area contributed by atoms with Crippen molar-refractivity contribution in [2.24, 2.45) is 0 Å². The van der Waals surface area contributed by atoms with Gasteiger partial charge in [-0.2, -0.15) is 0 Å². The maximum absolute atomic E-state index is 5.68. The van der Waals surface area contributed by atoms with E-state index < -0.39 is 0 Å². The number of ether oxygens (including phenoxy) is 1. The van der Waals surface area contributed by atoms with Gasteiger partial charge in [-0.15, -0.1) is 0 Å². The molecule has 1 fully saturated rings. The standard InChI is InChI=1S/C18H18N4O/c1-2-8-19-15(7-1)17-11-16-14(6-3-9-20-16)18(22-17)21-12-13-5-4-10-23-13/h1-3,6-9,11,13H,4-5,10,12H2,(H,21,22)/t13-/m1/s1. The molecule has 5 heteroatoms. The summed E-state index contributed by atoms with van der Waals surface area (Å²) >= 11 is 0. The van der Waals surface area contributed by atoms with Crippen molar-refractivity contribution in [3.8, 4) is 11.4 Å². The normalized spacial score (nSPS) is 17.5. The Morgan fingerprint density at radius 3 is 2.87 bits per heavy atom. The molecule has 0 bridgehead atoms. The van der Waals surface area contributed by atoms with Gasteiger partial charge in [0.25, 0.3) is 0 Å². The van der Waals surface area contributed by atoms with E-state index >= 15 is 0 Å². The molecule has 0 spiro atoms. The molecule has 0 aromatic carbocycles. The van der Waals surface area contributed by atoms with Gasteiger partial charge in [0.2, 0.25) is 0 Å². The van der Waals surface area contributed by atoms with Crippen LogP contribution in [0.5, 0.6) is 0 Å². The van der Waals surface area contributed by atoms with Gasteiger partial charge < -0.3 is 10.1 Å². The van der Waals surface area contributed by atoms with Gasteiger partial charge in [-0.3, -0.25) is 9.97 Å². The summed E-state index contributed by atoms with van der Waals surface area (Å²) in [4.78, 5) is 13.6. The van der Waals surface area contributed by atoms with Crippen LogP contribution in [0.2, 0.25) is 0 Å². The molecule has 0 amide bonds. The summed E-state index contributed by atoms with van der Waals surface area (Å²) in [6, 6.07) is 11.8. The fourth-order valence-electron chi connectivity index (χ4n) is 2.87. The summed E-state index contributed by atoms with van der Waals surface area (Å²) in [5, 5.41) is 4.45. The summed E-state index contributed by atoms with van der Waals surface area (Å²) in [5.41, 5.74) is 2.59. The van der Waals surface area contributed by atoms with Crippen LogP contribution in [0.1, 0.15) is 12.8 Å². The Labute approximate surface area is 134 Å². The molecular weight excluding hydrogens is 288 g/mol. The average Bonchev–Trinajstić information content (AvgIpc) is 3.14. The smallest absolute Gasteiger partial charge is 0.136 e. The summed E-state index contributed by atoms with van der Waals surface area (Å²) in [6.07, 6.45) is 6.08. The molecule has 0 aliphatic carbocycles. The molecule has 5 nitrogen and oxygen atoms in total. The van der Waals surface area contributed by atoms with Crippen LogP contribution in [-0.4, -0.2) is 34.2 Å². The van der Waals surface area contributed by atoms with Crippen molar-refractivity contribution < 1.29 is 4.74 Å². The summed E-state index contributed by atoms with van der Waals surface area (Å²) in [7, 11) is 0. The van der Waals surface area contributed by atoms with Gasteiger partial charge in [-0.1, -0.05) is 6.07 Å². The number of pyridine rings is 3. The number of aromatic nitrogens is 3. The van der Waals surface area contributed by atoms with Crippen molar-refractivity contribution in [3.63, 3.8) is 0 Å². The van der Waals surface area contributed by atoms with Gasteiger partial charge in [-0.25, -0.2) is 4.98 Å². The van der Waals surface area contributed by atoms with Crippen molar-refractivity contribution >= 4 is 16.7 Å². The van der Waals surface area contributed by atoms with E-state index in [4.69, 9.17) is 9.72 Å². The van der Waals surface area contributed by atoms with Gasteiger partial charge >= 0.3 is 0 Å². The number of nitrogens with one attached hydrogen (secondary N) is 1. The number of hydrogen-bond donors (Lipinski definition) is 1. The predicted molar refractivity (Wildman–Crippen MR) is 90.2 cm³/mol. The first-order valence-electron chi connectivity index (χ1n) is 7.93. The second-order valence-electron chi connectivity index (χ2n) is 5.66.